The topological polar surface area (TPSA) is 0 Å². The number of hydrogen-bond acceptors (Lipinski definition) is 2. The fourth-order valence-electron chi connectivity index (χ4n) is 0.907. The van der Waals surface area contributed by atoms with Gasteiger partial charge in [-0.3, -0.25) is 0 Å². The minimum atomic E-state index is 1.26. The van der Waals surface area contributed by atoms with Crippen LogP contribution in [0.25, 0.3) is 0 Å². The van der Waals surface area contributed by atoms with Crippen molar-refractivity contribution >= 4 is 21.6 Å². The molecule has 2 heteroatoms. The van der Waals surface area contributed by atoms with E-state index in [0.717, 1.165) is 0 Å². The third-order valence-corrected chi connectivity index (χ3v) is 4.23. The number of benzene rings is 1. The molecular formula is C11H16S2. The van der Waals surface area contributed by atoms with Gasteiger partial charge in [0.15, 0.2) is 0 Å². The van der Waals surface area contributed by atoms with Gasteiger partial charge in [-0.2, -0.15) is 0 Å². The maximum Gasteiger partial charge on any atom is 0.0182 e. The van der Waals surface area contributed by atoms with E-state index in [1.54, 1.807) is 0 Å². The molecule has 0 aliphatic rings. The lowest BCUT2D eigenvalue weighted by molar-refractivity contribution is 0.898. The standard InChI is InChI=1S/C11H16S2/c1-3-4-9-12-13-11-7-5-10(2)6-8-11/h5-8H,3-4,9H2,1-2H3. The highest BCUT2D eigenvalue weighted by atomic mass is 33.1. The molecule has 0 aliphatic heterocycles. The summed E-state index contributed by atoms with van der Waals surface area (Å²) in [5, 5.41) is 0. The average Bonchev–Trinajstić information content (AvgIpc) is 2.15. The zero-order chi connectivity index (χ0) is 9.52. The lowest BCUT2D eigenvalue weighted by Crippen LogP contribution is -1.74. The summed E-state index contributed by atoms with van der Waals surface area (Å²) >= 11 is 0. The Balaban J connectivity index is 2.25. The van der Waals surface area contributed by atoms with E-state index in [1.807, 2.05) is 21.6 Å². The normalized spacial score (nSPS) is 10.3. The molecule has 0 bridgehead atoms. The minimum absolute atomic E-state index is 1.26. The Labute approximate surface area is 88.9 Å². The van der Waals surface area contributed by atoms with Crippen LogP contribution in [0.5, 0.6) is 0 Å². The molecule has 0 amide bonds. The van der Waals surface area contributed by atoms with E-state index in [1.165, 1.54) is 29.1 Å². The number of aryl methyl sites for hydroxylation is 1. The Kier molecular flexibility index (Phi) is 5.40. The third-order valence-electron chi connectivity index (χ3n) is 1.76. The van der Waals surface area contributed by atoms with Gasteiger partial charge in [0.1, 0.15) is 0 Å². The maximum absolute atomic E-state index is 2.23. The molecule has 0 fully saturated rings. The molecule has 72 valence electrons. The second-order valence-corrected chi connectivity index (χ2v) is 5.56. The predicted octanol–water partition coefficient (Wildman–Crippen LogP) is 4.54. The molecule has 0 radical (unpaired) electrons. The van der Waals surface area contributed by atoms with Gasteiger partial charge in [0.25, 0.3) is 0 Å². The SMILES string of the molecule is CCCCSSc1ccc(C)cc1. The van der Waals surface area contributed by atoms with Crippen molar-refractivity contribution in [1.82, 2.24) is 0 Å². The molecule has 0 spiro atoms. The van der Waals surface area contributed by atoms with Crippen LogP contribution >= 0.6 is 21.6 Å². The molecule has 1 rings (SSSR count). The van der Waals surface area contributed by atoms with Crippen LogP contribution in [-0.4, -0.2) is 5.75 Å². The van der Waals surface area contributed by atoms with Crippen molar-refractivity contribution in [2.45, 2.75) is 31.6 Å². The molecule has 0 aromatic heterocycles. The number of unbranched alkanes of at least 4 members (excludes halogenated alkanes) is 1. The highest BCUT2D eigenvalue weighted by Gasteiger charge is 1.93. The van der Waals surface area contributed by atoms with Gasteiger partial charge >= 0.3 is 0 Å². The summed E-state index contributed by atoms with van der Waals surface area (Å²) in [7, 11) is 3.84. The third kappa shape index (κ3) is 4.63. The van der Waals surface area contributed by atoms with Crippen LogP contribution in [0.3, 0.4) is 0 Å². The second kappa shape index (κ2) is 6.39. The number of rotatable bonds is 5. The van der Waals surface area contributed by atoms with Crippen LogP contribution in [0.4, 0.5) is 0 Å². The molecule has 1 aromatic rings. The Morgan fingerprint density at radius 1 is 1.15 bits per heavy atom. The summed E-state index contributed by atoms with van der Waals surface area (Å²) in [4.78, 5) is 1.37. The summed E-state index contributed by atoms with van der Waals surface area (Å²) < 4.78 is 0. The summed E-state index contributed by atoms with van der Waals surface area (Å²) in [5.74, 6) is 1.26. The van der Waals surface area contributed by atoms with Crippen LogP contribution in [0.1, 0.15) is 25.3 Å². The van der Waals surface area contributed by atoms with Crippen LogP contribution in [-0.2, 0) is 0 Å². The fraction of sp³-hybridized carbons (Fsp3) is 0.455. The first-order valence-electron chi connectivity index (χ1n) is 4.69. The van der Waals surface area contributed by atoms with E-state index < -0.39 is 0 Å². The molecule has 1 aromatic carbocycles. The first-order valence-corrected chi connectivity index (χ1v) is 7.01. The minimum Gasteiger partial charge on any atom is -0.0890 e. The van der Waals surface area contributed by atoms with E-state index in [4.69, 9.17) is 0 Å². The molecule has 0 atom stereocenters. The molecule has 0 nitrogen and oxygen atoms in total. The van der Waals surface area contributed by atoms with Crippen LogP contribution in [0.15, 0.2) is 29.2 Å². The van der Waals surface area contributed by atoms with Gasteiger partial charge in [-0.05, 0) is 25.5 Å². The Morgan fingerprint density at radius 3 is 2.46 bits per heavy atom. The van der Waals surface area contributed by atoms with E-state index in [0.29, 0.717) is 0 Å². The lowest BCUT2D eigenvalue weighted by atomic mass is 10.2. The fourth-order valence-corrected chi connectivity index (χ4v) is 3.13. The van der Waals surface area contributed by atoms with Crippen molar-refractivity contribution in [3.05, 3.63) is 29.8 Å². The van der Waals surface area contributed by atoms with Crippen LogP contribution < -0.4 is 0 Å². The van der Waals surface area contributed by atoms with Gasteiger partial charge in [0.05, 0.1) is 0 Å². The zero-order valence-electron chi connectivity index (χ0n) is 8.25. The van der Waals surface area contributed by atoms with Crippen LogP contribution in [0.2, 0.25) is 0 Å². The van der Waals surface area contributed by atoms with Gasteiger partial charge < -0.3 is 0 Å². The molecule has 0 saturated heterocycles. The summed E-state index contributed by atoms with van der Waals surface area (Å²) in [5.41, 5.74) is 1.34. The first kappa shape index (κ1) is 11.0. The largest absolute Gasteiger partial charge is 0.0890 e. The van der Waals surface area contributed by atoms with Gasteiger partial charge in [-0.15, -0.1) is 0 Å². The molecular weight excluding hydrogens is 196 g/mol. The molecule has 0 heterocycles. The molecule has 0 aliphatic carbocycles. The molecule has 0 saturated carbocycles. The lowest BCUT2D eigenvalue weighted by Gasteiger charge is -2.00. The van der Waals surface area contributed by atoms with Gasteiger partial charge in [0, 0.05) is 10.6 Å². The van der Waals surface area contributed by atoms with Crippen molar-refractivity contribution in [2.75, 3.05) is 5.75 Å². The Hall–Kier alpha value is -0.0800. The molecule has 0 unspecified atom stereocenters. The van der Waals surface area contributed by atoms with Crippen molar-refractivity contribution in [1.29, 1.82) is 0 Å². The van der Waals surface area contributed by atoms with E-state index >= 15 is 0 Å². The maximum atomic E-state index is 2.23. The smallest absolute Gasteiger partial charge is 0.0182 e. The number of hydrogen-bond donors (Lipinski definition) is 0. The van der Waals surface area contributed by atoms with Crippen molar-refractivity contribution in [3.8, 4) is 0 Å². The summed E-state index contributed by atoms with van der Waals surface area (Å²) in [6.45, 7) is 4.36. The molecule has 0 N–H and O–H groups in total. The first-order chi connectivity index (χ1) is 6.33. The zero-order valence-corrected chi connectivity index (χ0v) is 9.88. The highest BCUT2D eigenvalue weighted by Crippen LogP contribution is 2.31. The van der Waals surface area contributed by atoms with Crippen molar-refractivity contribution < 1.29 is 0 Å². The van der Waals surface area contributed by atoms with Crippen molar-refractivity contribution in [3.63, 3.8) is 0 Å². The van der Waals surface area contributed by atoms with E-state index in [-0.39, 0.29) is 0 Å². The predicted molar refractivity (Wildman–Crippen MR) is 64.4 cm³/mol. The summed E-state index contributed by atoms with van der Waals surface area (Å²) in [6.07, 6.45) is 2.62. The Morgan fingerprint density at radius 2 is 1.85 bits per heavy atom. The van der Waals surface area contributed by atoms with Gasteiger partial charge in [-0.1, -0.05) is 52.6 Å². The average molecular weight is 212 g/mol. The van der Waals surface area contributed by atoms with Crippen LogP contribution in [0, 0.1) is 6.92 Å². The van der Waals surface area contributed by atoms with E-state index in [9.17, 15) is 0 Å². The van der Waals surface area contributed by atoms with E-state index in [2.05, 4.69) is 38.1 Å². The quantitative estimate of drug-likeness (QED) is 0.519. The van der Waals surface area contributed by atoms with Gasteiger partial charge in [0.2, 0.25) is 0 Å². The highest BCUT2D eigenvalue weighted by molar-refractivity contribution is 8.76. The summed E-state index contributed by atoms with van der Waals surface area (Å²) in [6, 6.07) is 8.73. The second-order valence-electron chi connectivity index (χ2n) is 3.07. The van der Waals surface area contributed by atoms with Gasteiger partial charge in [-0.25, -0.2) is 0 Å². The molecule has 13 heavy (non-hydrogen) atoms. The monoisotopic (exact) mass is 212 g/mol. The Bertz CT molecular complexity index is 228. The van der Waals surface area contributed by atoms with Crippen molar-refractivity contribution in [2.24, 2.45) is 0 Å².